The molecule has 0 bridgehead atoms. The number of methoxy groups -OCH3 is 1. The lowest BCUT2D eigenvalue weighted by atomic mass is 10.3. The first-order valence-corrected chi connectivity index (χ1v) is 7.10. The zero-order valence-corrected chi connectivity index (χ0v) is 12.0. The molecule has 0 amide bonds. The van der Waals surface area contributed by atoms with E-state index in [1.807, 2.05) is 24.3 Å². The molecule has 2 rings (SSSR count). The smallest absolute Gasteiger partial charge is 0.140 e. The molecule has 0 aliphatic heterocycles. The van der Waals surface area contributed by atoms with Crippen molar-refractivity contribution in [3.63, 3.8) is 0 Å². The third kappa shape index (κ3) is 4.22. The minimum absolute atomic E-state index is 0.503. The molecule has 5 heteroatoms. The van der Waals surface area contributed by atoms with Crippen molar-refractivity contribution in [2.75, 3.05) is 13.7 Å². The van der Waals surface area contributed by atoms with Gasteiger partial charge in [-0.3, -0.25) is 0 Å². The molecule has 102 valence electrons. The molecule has 1 aromatic carbocycles. The van der Waals surface area contributed by atoms with Crippen molar-refractivity contribution in [3.05, 3.63) is 40.3 Å². The molecule has 0 unspecified atom stereocenters. The maximum absolute atomic E-state index is 5.68. The number of rotatable bonds is 7. The Bertz CT molecular complexity index is 496. The lowest BCUT2D eigenvalue weighted by Crippen LogP contribution is -2.12. The molecule has 0 fully saturated rings. The van der Waals surface area contributed by atoms with Gasteiger partial charge in [0.05, 0.1) is 12.8 Å². The molecule has 2 aromatic rings. The maximum Gasteiger partial charge on any atom is 0.140 e. The van der Waals surface area contributed by atoms with Gasteiger partial charge in [0.2, 0.25) is 0 Å². The van der Waals surface area contributed by atoms with Gasteiger partial charge in [-0.15, -0.1) is 11.3 Å². The second kappa shape index (κ2) is 7.11. The van der Waals surface area contributed by atoms with E-state index in [1.165, 1.54) is 0 Å². The van der Waals surface area contributed by atoms with Crippen LogP contribution in [0, 0.1) is 0 Å². The van der Waals surface area contributed by atoms with Crippen LogP contribution in [0.1, 0.15) is 17.6 Å². The number of nitrogens with one attached hydrogen (secondary N) is 1. The minimum atomic E-state index is 0.503. The Morgan fingerprint density at radius 3 is 2.63 bits per heavy atom. The van der Waals surface area contributed by atoms with E-state index in [2.05, 4.69) is 22.6 Å². The fourth-order valence-electron chi connectivity index (χ4n) is 1.57. The van der Waals surface area contributed by atoms with E-state index >= 15 is 0 Å². The van der Waals surface area contributed by atoms with Crippen molar-refractivity contribution < 1.29 is 9.47 Å². The topological polar surface area (TPSA) is 43.4 Å². The zero-order chi connectivity index (χ0) is 13.5. The van der Waals surface area contributed by atoms with E-state index in [0.717, 1.165) is 35.3 Å². The number of aromatic nitrogens is 1. The summed E-state index contributed by atoms with van der Waals surface area (Å²) in [4.78, 5) is 4.50. The molecule has 0 saturated carbocycles. The Morgan fingerprint density at radius 2 is 1.95 bits per heavy atom. The summed E-state index contributed by atoms with van der Waals surface area (Å²) in [5.74, 6) is 1.65. The molecule has 0 spiro atoms. The molecule has 0 atom stereocenters. The number of thiazole rings is 1. The van der Waals surface area contributed by atoms with Gasteiger partial charge in [0.1, 0.15) is 23.1 Å². The van der Waals surface area contributed by atoms with Crippen LogP contribution in [0.2, 0.25) is 0 Å². The maximum atomic E-state index is 5.68. The van der Waals surface area contributed by atoms with Crippen LogP contribution in [0.25, 0.3) is 0 Å². The molecule has 0 radical (unpaired) electrons. The first kappa shape index (κ1) is 13.8. The van der Waals surface area contributed by atoms with Gasteiger partial charge in [0.25, 0.3) is 0 Å². The summed E-state index contributed by atoms with van der Waals surface area (Å²) in [6.07, 6.45) is 0. The van der Waals surface area contributed by atoms with Crippen molar-refractivity contribution in [1.82, 2.24) is 10.3 Å². The third-order valence-corrected chi connectivity index (χ3v) is 3.45. The van der Waals surface area contributed by atoms with Crippen LogP contribution >= 0.6 is 11.3 Å². The quantitative estimate of drug-likeness (QED) is 0.846. The van der Waals surface area contributed by atoms with E-state index < -0.39 is 0 Å². The van der Waals surface area contributed by atoms with E-state index in [1.54, 1.807) is 18.4 Å². The highest BCUT2D eigenvalue weighted by Crippen LogP contribution is 2.19. The fraction of sp³-hybridized carbons (Fsp3) is 0.357. The van der Waals surface area contributed by atoms with Crippen LogP contribution in [0.15, 0.2) is 29.6 Å². The minimum Gasteiger partial charge on any atom is -0.497 e. The Labute approximate surface area is 117 Å². The number of ether oxygens (including phenoxy) is 2. The van der Waals surface area contributed by atoms with E-state index in [4.69, 9.17) is 9.47 Å². The van der Waals surface area contributed by atoms with Crippen LogP contribution in [-0.4, -0.2) is 18.6 Å². The predicted molar refractivity (Wildman–Crippen MR) is 76.8 cm³/mol. The molecular weight excluding hydrogens is 260 g/mol. The monoisotopic (exact) mass is 278 g/mol. The second-order valence-electron chi connectivity index (χ2n) is 3.98. The van der Waals surface area contributed by atoms with Crippen LogP contribution in [0.5, 0.6) is 11.5 Å². The number of nitrogens with zero attached hydrogens (tertiary/aromatic N) is 1. The first-order valence-electron chi connectivity index (χ1n) is 6.22. The summed E-state index contributed by atoms with van der Waals surface area (Å²) < 4.78 is 10.8. The van der Waals surface area contributed by atoms with Crippen molar-refractivity contribution in [3.8, 4) is 11.5 Å². The van der Waals surface area contributed by atoms with Gasteiger partial charge in [-0.2, -0.15) is 0 Å². The number of hydrogen-bond donors (Lipinski definition) is 1. The van der Waals surface area contributed by atoms with Gasteiger partial charge < -0.3 is 14.8 Å². The summed E-state index contributed by atoms with van der Waals surface area (Å²) in [5, 5.41) is 6.31. The Kier molecular flexibility index (Phi) is 5.18. The molecular formula is C14H18N2O2S. The lowest BCUT2D eigenvalue weighted by molar-refractivity contribution is 0.304. The van der Waals surface area contributed by atoms with Crippen molar-refractivity contribution in [2.24, 2.45) is 0 Å². The van der Waals surface area contributed by atoms with Crippen molar-refractivity contribution >= 4 is 11.3 Å². The molecule has 19 heavy (non-hydrogen) atoms. The normalized spacial score (nSPS) is 10.4. The van der Waals surface area contributed by atoms with Crippen LogP contribution in [0.4, 0.5) is 0 Å². The Balaban J connectivity index is 1.85. The van der Waals surface area contributed by atoms with Crippen LogP contribution in [0.3, 0.4) is 0 Å². The van der Waals surface area contributed by atoms with Crippen molar-refractivity contribution in [1.29, 1.82) is 0 Å². The highest BCUT2D eigenvalue weighted by molar-refractivity contribution is 7.09. The lowest BCUT2D eigenvalue weighted by Gasteiger charge is -2.05. The van der Waals surface area contributed by atoms with Gasteiger partial charge in [0, 0.05) is 11.9 Å². The van der Waals surface area contributed by atoms with E-state index in [9.17, 15) is 0 Å². The average Bonchev–Trinajstić information content (AvgIpc) is 2.91. The van der Waals surface area contributed by atoms with E-state index in [0.29, 0.717) is 6.61 Å². The third-order valence-electron chi connectivity index (χ3n) is 2.58. The second-order valence-corrected chi connectivity index (χ2v) is 4.92. The van der Waals surface area contributed by atoms with Gasteiger partial charge in [0.15, 0.2) is 0 Å². The van der Waals surface area contributed by atoms with Gasteiger partial charge in [-0.1, -0.05) is 6.92 Å². The number of hydrogen-bond acceptors (Lipinski definition) is 5. The fourth-order valence-corrected chi connectivity index (χ4v) is 2.27. The summed E-state index contributed by atoms with van der Waals surface area (Å²) in [6, 6.07) is 7.56. The highest BCUT2D eigenvalue weighted by atomic mass is 32.1. The Hall–Kier alpha value is -1.59. The highest BCUT2D eigenvalue weighted by Gasteiger charge is 2.03. The molecule has 0 saturated heterocycles. The summed E-state index contributed by atoms with van der Waals surface area (Å²) in [6.45, 7) is 4.36. The van der Waals surface area contributed by atoms with Gasteiger partial charge in [-0.25, -0.2) is 4.98 Å². The van der Waals surface area contributed by atoms with Gasteiger partial charge >= 0.3 is 0 Å². The molecule has 4 nitrogen and oxygen atoms in total. The molecule has 0 aliphatic rings. The van der Waals surface area contributed by atoms with Crippen LogP contribution < -0.4 is 14.8 Å². The number of benzene rings is 1. The first-order chi connectivity index (χ1) is 9.31. The van der Waals surface area contributed by atoms with Crippen LogP contribution in [-0.2, 0) is 13.2 Å². The molecule has 1 heterocycles. The summed E-state index contributed by atoms with van der Waals surface area (Å²) >= 11 is 1.63. The largest absolute Gasteiger partial charge is 0.497 e. The average molecular weight is 278 g/mol. The predicted octanol–water partition coefficient (Wildman–Crippen LogP) is 2.84. The van der Waals surface area contributed by atoms with E-state index in [-0.39, 0.29) is 0 Å². The standard InChI is InChI=1S/C14H18N2O2S/c1-3-15-8-11-10-19-14(16-11)9-18-13-6-4-12(17-2)5-7-13/h4-7,10,15H,3,8-9H2,1-2H3. The molecule has 1 aromatic heterocycles. The Morgan fingerprint density at radius 1 is 1.21 bits per heavy atom. The summed E-state index contributed by atoms with van der Waals surface area (Å²) in [7, 11) is 1.65. The molecule has 0 aliphatic carbocycles. The van der Waals surface area contributed by atoms with Crippen molar-refractivity contribution in [2.45, 2.75) is 20.1 Å². The van der Waals surface area contributed by atoms with Gasteiger partial charge in [-0.05, 0) is 30.8 Å². The SMILES string of the molecule is CCNCc1csc(COc2ccc(OC)cc2)n1. The molecule has 1 N–H and O–H groups in total. The summed E-state index contributed by atoms with van der Waals surface area (Å²) in [5.41, 5.74) is 1.07. The zero-order valence-electron chi connectivity index (χ0n) is 11.2.